The fourth-order valence-electron chi connectivity index (χ4n) is 1.37. The van der Waals surface area contributed by atoms with Gasteiger partial charge in [-0.25, -0.2) is 9.18 Å². The maximum Gasteiger partial charge on any atom is 0.327 e. The molecule has 0 aliphatic rings. The summed E-state index contributed by atoms with van der Waals surface area (Å²) in [6.45, 7) is 1.15. The molecule has 1 aromatic carbocycles. The van der Waals surface area contributed by atoms with Crippen LogP contribution < -0.4 is 5.32 Å². The van der Waals surface area contributed by atoms with Crippen molar-refractivity contribution in [3.8, 4) is 0 Å². The first kappa shape index (κ1) is 17.2. The van der Waals surface area contributed by atoms with Crippen molar-refractivity contribution in [3.05, 3.63) is 33.1 Å². The molecule has 21 heavy (non-hydrogen) atoms. The molecular formula is C11H10ClFN2O5S. The number of nitrogens with one attached hydrogen (secondary N) is 1. The Morgan fingerprint density at radius 2 is 2.19 bits per heavy atom. The van der Waals surface area contributed by atoms with Gasteiger partial charge < -0.3 is 10.4 Å². The van der Waals surface area contributed by atoms with Gasteiger partial charge in [-0.2, -0.15) is 0 Å². The lowest BCUT2D eigenvalue weighted by Crippen LogP contribution is -2.41. The number of rotatable bonds is 6. The van der Waals surface area contributed by atoms with Crippen LogP contribution in [-0.4, -0.2) is 33.7 Å². The van der Waals surface area contributed by atoms with Crippen LogP contribution in [0.25, 0.3) is 0 Å². The summed E-state index contributed by atoms with van der Waals surface area (Å²) in [6.07, 6.45) is 0. The zero-order valence-electron chi connectivity index (χ0n) is 10.6. The number of thioether (sulfide) groups is 1. The Hall–Kier alpha value is -1.87. The maximum absolute atomic E-state index is 13.2. The first-order valence-electron chi connectivity index (χ1n) is 5.48. The van der Waals surface area contributed by atoms with Crippen LogP contribution in [0.1, 0.15) is 6.92 Å². The second-order valence-corrected chi connectivity index (χ2v) is 5.36. The lowest BCUT2D eigenvalue weighted by molar-refractivity contribution is -0.387. The Morgan fingerprint density at radius 1 is 1.57 bits per heavy atom. The predicted molar refractivity (Wildman–Crippen MR) is 74.0 cm³/mol. The SMILES string of the molecule is CC(=O)NC(CSc1cc(Cl)c(F)cc1[N+](=O)[O-])C(=O)O. The first-order valence-corrected chi connectivity index (χ1v) is 6.85. The third kappa shape index (κ3) is 4.87. The van der Waals surface area contributed by atoms with Crippen molar-refractivity contribution in [3.63, 3.8) is 0 Å². The van der Waals surface area contributed by atoms with Crippen molar-refractivity contribution in [1.29, 1.82) is 0 Å². The number of halogens is 2. The van der Waals surface area contributed by atoms with Crippen LogP contribution in [-0.2, 0) is 9.59 Å². The minimum Gasteiger partial charge on any atom is -0.480 e. The van der Waals surface area contributed by atoms with Gasteiger partial charge in [0.25, 0.3) is 5.69 Å². The molecule has 7 nitrogen and oxygen atoms in total. The van der Waals surface area contributed by atoms with E-state index in [1.165, 1.54) is 0 Å². The minimum absolute atomic E-state index is 0.0167. The van der Waals surface area contributed by atoms with E-state index in [-0.39, 0.29) is 15.7 Å². The summed E-state index contributed by atoms with van der Waals surface area (Å²) < 4.78 is 13.2. The highest BCUT2D eigenvalue weighted by atomic mass is 35.5. The molecule has 0 bridgehead atoms. The summed E-state index contributed by atoms with van der Waals surface area (Å²) in [7, 11) is 0. The highest BCUT2D eigenvalue weighted by Gasteiger charge is 2.23. The molecule has 1 unspecified atom stereocenters. The molecule has 1 amide bonds. The van der Waals surface area contributed by atoms with Crippen molar-refractivity contribution in [2.45, 2.75) is 17.9 Å². The van der Waals surface area contributed by atoms with Gasteiger partial charge in [-0.1, -0.05) is 11.6 Å². The lowest BCUT2D eigenvalue weighted by Gasteiger charge is -2.12. The topological polar surface area (TPSA) is 110 Å². The molecule has 1 aromatic rings. The zero-order chi connectivity index (χ0) is 16.2. The van der Waals surface area contributed by atoms with Crippen molar-refractivity contribution >= 4 is 40.9 Å². The lowest BCUT2D eigenvalue weighted by atomic mass is 10.3. The van der Waals surface area contributed by atoms with Gasteiger partial charge in [0.05, 0.1) is 20.9 Å². The monoisotopic (exact) mass is 336 g/mol. The Balaban J connectivity index is 2.96. The summed E-state index contributed by atoms with van der Waals surface area (Å²) in [5.74, 6) is -2.94. The zero-order valence-corrected chi connectivity index (χ0v) is 12.2. The molecule has 0 aliphatic carbocycles. The van der Waals surface area contributed by atoms with Gasteiger partial charge in [0.1, 0.15) is 11.9 Å². The molecule has 0 radical (unpaired) electrons. The van der Waals surface area contributed by atoms with E-state index >= 15 is 0 Å². The van der Waals surface area contributed by atoms with Crippen LogP contribution in [0, 0.1) is 15.9 Å². The number of carbonyl (C=O) groups excluding carboxylic acids is 1. The van der Waals surface area contributed by atoms with Gasteiger partial charge >= 0.3 is 5.97 Å². The molecule has 0 saturated heterocycles. The average molecular weight is 337 g/mol. The van der Waals surface area contributed by atoms with E-state index in [9.17, 15) is 24.1 Å². The highest BCUT2D eigenvalue weighted by molar-refractivity contribution is 7.99. The van der Waals surface area contributed by atoms with Crippen LogP contribution in [0.5, 0.6) is 0 Å². The number of amides is 1. The minimum atomic E-state index is -1.28. The summed E-state index contributed by atoms with van der Waals surface area (Å²) >= 11 is 6.34. The number of nitrogens with zero attached hydrogens (tertiary/aromatic N) is 1. The smallest absolute Gasteiger partial charge is 0.327 e. The Morgan fingerprint density at radius 3 is 2.67 bits per heavy atom. The molecule has 114 valence electrons. The number of hydrogen-bond acceptors (Lipinski definition) is 5. The Kier molecular flexibility index (Phi) is 5.91. The van der Waals surface area contributed by atoms with E-state index in [1.807, 2.05) is 0 Å². The molecule has 2 N–H and O–H groups in total. The summed E-state index contributed by atoms with van der Waals surface area (Å²) in [6, 6.07) is 0.488. The summed E-state index contributed by atoms with van der Waals surface area (Å²) in [4.78, 5) is 31.9. The summed E-state index contributed by atoms with van der Waals surface area (Å²) in [5.41, 5.74) is -0.520. The number of aliphatic carboxylic acids is 1. The van der Waals surface area contributed by atoms with E-state index in [2.05, 4.69) is 5.32 Å². The molecule has 0 saturated carbocycles. The quantitative estimate of drug-likeness (QED) is 0.467. The maximum atomic E-state index is 13.2. The van der Waals surface area contributed by atoms with Crippen LogP contribution in [0.2, 0.25) is 5.02 Å². The molecule has 1 atom stereocenters. The van der Waals surface area contributed by atoms with Crippen LogP contribution >= 0.6 is 23.4 Å². The molecule has 0 aromatic heterocycles. The van der Waals surface area contributed by atoms with Gasteiger partial charge in [-0.3, -0.25) is 14.9 Å². The molecule has 1 rings (SSSR count). The van der Waals surface area contributed by atoms with E-state index in [0.29, 0.717) is 6.07 Å². The Bertz CT molecular complexity index is 598. The second kappa shape index (κ2) is 7.23. The standard InChI is InChI=1S/C11H10ClFN2O5S/c1-5(16)14-8(11(17)18)4-21-10-2-6(12)7(13)3-9(10)15(19)20/h2-3,8H,4H2,1H3,(H,14,16)(H,17,18). The Labute approximate surface area is 127 Å². The van der Waals surface area contributed by atoms with E-state index in [0.717, 1.165) is 24.8 Å². The van der Waals surface area contributed by atoms with Crippen molar-refractivity contribution in [1.82, 2.24) is 5.32 Å². The molecule has 0 fully saturated rings. The number of hydrogen-bond donors (Lipinski definition) is 2. The van der Waals surface area contributed by atoms with Crippen LogP contribution in [0.4, 0.5) is 10.1 Å². The number of carboxylic acids is 1. The molecule has 0 spiro atoms. The highest BCUT2D eigenvalue weighted by Crippen LogP contribution is 2.33. The van der Waals surface area contributed by atoms with Crippen molar-refractivity contribution < 1.29 is 24.0 Å². The third-order valence-electron chi connectivity index (χ3n) is 2.28. The number of carbonyl (C=O) groups is 2. The van der Waals surface area contributed by atoms with Crippen LogP contribution in [0.3, 0.4) is 0 Å². The first-order chi connectivity index (χ1) is 9.72. The largest absolute Gasteiger partial charge is 0.480 e. The van der Waals surface area contributed by atoms with Crippen molar-refractivity contribution in [2.75, 3.05) is 5.75 Å². The van der Waals surface area contributed by atoms with Gasteiger partial charge in [0, 0.05) is 12.7 Å². The predicted octanol–water partition coefficient (Wildman–Crippen LogP) is 2.07. The van der Waals surface area contributed by atoms with Gasteiger partial charge in [0.2, 0.25) is 5.91 Å². The van der Waals surface area contributed by atoms with E-state index < -0.39 is 34.3 Å². The number of nitro benzene ring substituents is 1. The number of nitro groups is 1. The van der Waals surface area contributed by atoms with E-state index in [1.54, 1.807) is 0 Å². The van der Waals surface area contributed by atoms with Gasteiger partial charge in [0.15, 0.2) is 0 Å². The molecule has 10 heteroatoms. The second-order valence-electron chi connectivity index (χ2n) is 3.89. The third-order valence-corrected chi connectivity index (χ3v) is 3.71. The van der Waals surface area contributed by atoms with Crippen molar-refractivity contribution in [2.24, 2.45) is 0 Å². The average Bonchev–Trinajstić information content (AvgIpc) is 2.36. The van der Waals surface area contributed by atoms with Crippen LogP contribution in [0.15, 0.2) is 17.0 Å². The molecule has 0 aliphatic heterocycles. The fraction of sp³-hybridized carbons (Fsp3) is 0.273. The molecule has 0 heterocycles. The van der Waals surface area contributed by atoms with Gasteiger partial charge in [-0.05, 0) is 6.07 Å². The number of benzene rings is 1. The fourth-order valence-corrected chi connectivity index (χ4v) is 2.65. The van der Waals surface area contributed by atoms with Gasteiger partial charge in [-0.15, -0.1) is 11.8 Å². The normalized spacial score (nSPS) is 11.8. The van der Waals surface area contributed by atoms with E-state index in [4.69, 9.17) is 16.7 Å². The molecular weight excluding hydrogens is 327 g/mol. The number of carboxylic acid groups (broad SMARTS) is 1. The summed E-state index contributed by atoms with van der Waals surface area (Å²) in [5, 5.41) is 21.6.